The SMILES string of the molecule is CCOC(=O)c1cc[n+](CC)cc1. The lowest BCUT2D eigenvalue weighted by atomic mass is 10.3. The summed E-state index contributed by atoms with van der Waals surface area (Å²) in [5.74, 6) is -0.259. The molecule has 0 saturated heterocycles. The Morgan fingerprint density at radius 2 is 2.00 bits per heavy atom. The average Bonchev–Trinajstić information content (AvgIpc) is 2.18. The maximum atomic E-state index is 11.2. The number of ether oxygens (including phenoxy) is 1. The molecule has 3 nitrogen and oxygen atoms in total. The minimum Gasteiger partial charge on any atom is -0.462 e. The zero-order valence-corrected chi connectivity index (χ0v) is 7.99. The predicted molar refractivity (Wildman–Crippen MR) is 48.3 cm³/mol. The van der Waals surface area contributed by atoms with Crippen molar-refractivity contribution in [3.05, 3.63) is 30.1 Å². The summed E-state index contributed by atoms with van der Waals surface area (Å²) in [6.07, 6.45) is 3.73. The van der Waals surface area contributed by atoms with E-state index >= 15 is 0 Å². The van der Waals surface area contributed by atoms with Gasteiger partial charge in [0.25, 0.3) is 0 Å². The van der Waals surface area contributed by atoms with Crippen molar-refractivity contribution in [3.63, 3.8) is 0 Å². The van der Waals surface area contributed by atoms with Crippen LogP contribution in [0, 0.1) is 0 Å². The van der Waals surface area contributed by atoms with E-state index < -0.39 is 0 Å². The Morgan fingerprint density at radius 3 is 2.46 bits per heavy atom. The van der Waals surface area contributed by atoms with Gasteiger partial charge < -0.3 is 4.74 Å². The summed E-state index contributed by atoms with van der Waals surface area (Å²) >= 11 is 0. The quantitative estimate of drug-likeness (QED) is 0.516. The Hall–Kier alpha value is -1.38. The summed E-state index contributed by atoms with van der Waals surface area (Å²) in [6, 6.07) is 3.53. The fourth-order valence-corrected chi connectivity index (χ4v) is 1.02. The van der Waals surface area contributed by atoms with Crippen LogP contribution >= 0.6 is 0 Å². The predicted octanol–water partition coefficient (Wildman–Crippen LogP) is 1.17. The number of hydrogen-bond donors (Lipinski definition) is 0. The third kappa shape index (κ3) is 2.54. The number of carbonyl (C=O) groups is 1. The van der Waals surface area contributed by atoms with Crippen LogP contribution < -0.4 is 4.57 Å². The molecule has 1 aromatic rings. The molecule has 1 aromatic heterocycles. The van der Waals surface area contributed by atoms with Crippen LogP contribution in [-0.4, -0.2) is 12.6 Å². The Kier molecular flexibility index (Phi) is 3.43. The molecule has 1 heterocycles. The van der Waals surface area contributed by atoms with Crippen molar-refractivity contribution in [2.75, 3.05) is 6.61 Å². The molecule has 0 radical (unpaired) electrons. The second-order valence-electron chi connectivity index (χ2n) is 2.64. The van der Waals surface area contributed by atoms with Gasteiger partial charge >= 0.3 is 5.97 Å². The monoisotopic (exact) mass is 180 g/mol. The Morgan fingerprint density at radius 1 is 1.38 bits per heavy atom. The van der Waals surface area contributed by atoms with Crippen LogP contribution in [0.1, 0.15) is 24.2 Å². The molecular weight excluding hydrogens is 166 g/mol. The molecule has 70 valence electrons. The molecule has 13 heavy (non-hydrogen) atoms. The van der Waals surface area contributed by atoms with E-state index in [-0.39, 0.29) is 5.97 Å². The van der Waals surface area contributed by atoms with E-state index in [1.165, 1.54) is 0 Å². The van der Waals surface area contributed by atoms with Crippen molar-refractivity contribution < 1.29 is 14.1 Å². The van der Waals surface area contributed by atoms with E-state index in [1.54, 1.807) is 19.1 Å². The fraction of sp³-hybridized carbons (Fsp3) is 0.400. The number of nitrogens with zero attached hydrogens (tertiary/aromatic N) is 1. The molecule has 0 spiro atoms. The second kappa shape index (κ2) is 4.60. The van der Waals surface area contributed by atoms with E-state index in [2.05, 4.69) is 0 Å². The van der Waals surface area contributed by atoms with E-state index in [0.717, 1.165) is 6.54 Å². The van der Waals surface area contributed by atoms with Gasteiger partial charge in [0, 0.05) is 12.1 Å². The summed E-state index contributed by atoms with van der Waals surface area (Å²) in [4.78, 5) is 11.2. The molecular formula is C10H14NO2+. The van der Waals surface area contributed by atoms with E-state index in [9.17, 15) is 4.79 Å². The molecule has 0 saturated carbocycles. The topological polar surface area (TPSA) is 30.2 Å². The van der Waals surface area contributed by atoms with Gasteiger partial charge in [-0.15, -0.1) is 0 Å². The number of rotatable bonds is 3. The highest BCUT2D eigenvalue weighted by atomic mass is 16.5. The van der Waals surface area contributed by atoms with Gasteiger partial charge in [0.15, 0.2) is 12.4 Å². The number of esters is 1. The van der Waals surface area contributed by atoms with Crippen LogP contribution in [0.3, 0.4) is 0 Å². The van der Waals surface area contributed by atoms with E-state index in [4.69, 9.17) is 4.74 Å². The molecule has 1 rings (SSSR count). The average molecular weight is 180 g/mol. The largest absolute Gasteiger partial charge is 0.462 e. The molecule has 0 bridgehead atoms. The molecule has 0 atom stereocenters. The van der Waals surface area contributed by atoms with Crippen LogP contribution in [0.4, 0.5) is 0 Å². The Balaban J connectivity index is 2.74. The zero-order valence-electron chi connectivity index (χ0n) is 7.99. The number of aromatic nitrogens is 1. The molecule has 0 aliphatic heterocycles. The molecule has 0 aromatic carbocycles. The van der Waals surface area contributed by atoms with Gasteiger partial charge in [0.1, 0.15) is 6.54 Å². The molecule has 0 aliphatic rings. The summed E-state index contributed by atoms with van der Waals surface area (Å²) in [6.45, 7) is 5.17. The van der Waals surface area contributed by atoms with Crippen molar-refractivity contribution in [2.24, 2.45) is 0 Å². The van der Waals surface area contributed by atoms with Crippen molar-refractivity contribution in [1.82, 2.24) is 0 Å². The number of aryl methyl sites for hydroxylation is 1. The van der Waals surface area contributed by atoms with Gasteiger partial charge in [0.05, 0.1) is 12.2 Å². The van der Waals surface area contributed by atoms with Gasteiger partial charge in [-0.2, -0.15) is 0 Å². The first-order valence-electron chi connectivity index (χ1n) is 4.44. The maximum absolute atomic E-state index is 11.2. The molecule has 0 unspecified atom stereocenters. The van der Waals surface area contributed by atoms with Gasteiger partial charge in [-0.05, 0) is 13.8 Å². The molecule has 0 amide bonds. The first kappa shape index (κ1) is 9.71. The van der Waals surface area contributed by atoms with Gasteiger partial charge in [-0.1, -0.05) is 0 Å². The highest BCUT2D eigenvalue weighted by Gasteiger charge is 2.07. The number of hydrogen-bond acceptors (Lipinski definition) is 2. The standard InChI is InChI=1S/C10H14NO2/c1-3-11-7-5-9(6-8-11)10(12)13-4-2/h5-8H,3-4H2,1-2H3/q+1. The zero-order chi connectivity index (χ0) is 9.68. The molecule has 0 N–H and O–H groups in total. The van der Waals surface area contributed by atoms with Crippen LogP contribution in [0.15, 0.2) is 24.5 Å². The smallest absolute Gasteiger partial charge is 0.338 e. The number of pyridine rings is 1. The highest BCUT2D eigenvalue weighted by Crippen LogP contribution is 1.97. The third-order valence-corrected chi connectivity index (χ3v) is 1.77. The first-order chi connectivity index (χ1) is 6.27. The van der Waals surface area contributed by atoms with Crippen molar-refractivity contribution >= 4 is 5.97 Å². The lowest BCUT2D eigenvalue weighted by molar-refractivity contribution is -0.693. The molecule has 3 heteroatoms. The van der Waals surface area contributed by atoms with Crippen LogP contribution in [0.2, 0.25) is 0 Å². The Labute approximate surface area is 78.0 Å². The Bertz CT molecular complexity index is 279. The van der Waals surface area contributed by atoms with Gasteiger partial charge in [-0.25, -0.2) is 9.36 Å². The summed E-state index contributed by atoms with van der Waals surface area (Å²) < 4.78 is 6.84. The van der Waals surface area contributed by atoms with E-state index in [1.807, 2.05) is 23.9 Å². The lowest BCUT2D eigenvalue weighted by Crippen LogP contribution is -2.31. The minimum atomic E-state index is -0.259. The second-order valence-corrected chi connectivity index (χ2v) is 2.64. The van der Waals surface area contributed by atoms with Gasteiger partial charge in [-0.3, -0.25) is 0 Å². The van der Waals surface area contributed by atoms with Crippen LogP contribution in [-0.2, 0) is 11.3 Å². The van der Waals surface area contributed by atoms with Crippen molar-refractivity contribution in [3.8, 4) is 0 Å². The maximum Gasteiger partial charge on any atom is 0.338 e. The number of carbonyl (C=O) groups excluding carboxylic acids is 1. The first-order valence-corrected chi connectivity index (χ1v) is 4.44. The van der Waals surface area contributed by atoms with Crippen LogP contribution in [0.5, 0.6) is 0 Å². The summed E-state index contributed by atoms with van der Waals surface area (Å²) in [5.41, 5.74) is 0.603. The molecule has 0 fully saturated rings. The van der Waals surface area contributed by atoms with Gasteiger partial charge in [0.2, 0.25) is 0 Å². The molecule has 0 aliphatic carbocycles. The minimum absolute atomic E-state index is 0.259. The van der Waals surface area contributed by atoms with E-state index in [0.29, 0.717) is 12.2 Å². The fourth-order valence-electron chi connectivity index (χ4n) is 1.02. The third-order valence-electron chi connectivity index (χ3n) is 1.77. The lowest BCUT2D eigenvalue weighted by Gasteiger charge is -1.99. The summed E-state index contributed by atoms with van der Waals surface area (Å²) in [5, 5.41) is 0. The normalized spacial score (nSPS) is 9.69. The van der Waals surface area contributed by atoms with Crippen molar-refractivity contribution in [1.29, 1.82) is 0 Å². The highest BCUT2D eigenvalue weighted by molar-refractivity contribution is 5.88. The van der Waals surface area contributed by atoms with Crippen LogP contribution in [0.25, 0.3) is 0 Å². The van der Waals surface area contributed by atoms with Crippen molar-refractivity contribution in [2.45, 2.75) is 20.4 Å². The summed E-state index contributed by atoms with van der Waals surface area (Å²) in [7, 11) is 0.